The normalized spacial score (nSPS) is 18.6. The minimum atomic E-state index is -0.582. The summed E-state index contributed by atoms with van der Waals surface area (Å²) in [6.07, 6.45) is 0.0878. The number of rotatable bonds is 1. The number of nitrogens with zero attached hydrogens (tertiary/aromatic N) is 2. The molecule has 2 heterocycles. The number of hydrogen-bond donors (Lipinski definition) is 1. The lowest BCUT2D eigenvalue weighted by atomic mass is 9.88. The van der Waals surface area contributed by atoms with Crippen LogP contribution in [0.3, 0.4) is 0 Å². The van der Waals surface area contributed by atoms with Crippen molar-refractivity contribution in [2.75, 3.05) is 13.1 Å². The number of aryl methyl sites for hydroxylation is 1. The molecule has 1 saturated heterocycles. The van der Waals surface area contributed by atoms with E-state index in [1.807, 2.05) is 18.2 Å². The van der Waals surface area contributed by atoms with Crippen LogP contribution in [-0.4, -0.2) is 45.0 Å². The molecule has 0 bridgehead atoms. The molecule has 1 aliphatic heterocycles. The van der Waals surface area contributed by atoms with E-state index in [1.165, 1.54) is 9.47 Å². The van der Waals surface area contributed by atoms with Gasteiger partial charge in [0, 0.05) is 19.5 Å². The number of carbonyl (C=O) groups is 2. The van der Waals surface area contributed by atoms with Crippen LogP contribution in [0.4, 0.5) is 4.79 Å². The molecule has 1 N–H and O–H groups in total. The van der Waals surface area contributed by atoms with Crippen molar-refractivity contribution in [2.45, 2.75) is 38.7 Å². The highest BCUT2D eigenvalue weighted by Crippen LogP contribution is 2.28. The molecule has 1 aliphatic rings. The predicted octanol–water partition coefficient (Wildman–Crippen LogP) is 2.16. The van der Waals surface area contributed by atoms with Gasteiger partial charge in [0.05, 0.1) is 17.6 Å². The number of ketones is 1. The third kappa shape index (κ3) is 3.45. The monoisotopic (exact) mass is 345 g/mol. The quantitative estimate of drug-likeness (QED) is 0.858. The number of carbonyl (C=O) groups excluding carboxylic acids is 2. The van der Waals surface area contributed by atoms with Crippen LogP contribution in [0.15, 0.2) is 23.0 Å². The summed E-state index contributed by atoms with van der Waals surface area (Å²) in [7, 11) is 1.69. The van der Waals surface area contributed by atoms with E-state index in [4.69, 9.17) is 4.74 Å². The van der Waals surface area contributed by atoms with E-state index in [2.05, 4.69) is 4.98 Å². The zero-order valence-electron chi connectivity index (χ0n) is 15.0. The molecule has 3 rings (SSSR count). The zero-order valence-corrected chi connectivity index (χ0v) is 15.0. The Hall–Kier alpha value is -2.57. The summed E-state index contributed by atoms with van der Waals surface area (Å²) in [5.74, 6) is -0.287. The second-order valence-electron chi connectivity index (χ2n) is 7.48. The molecule has 0 aliphatic carbocycles. The van der Waals surface area contributed by atoms with Crippen molar-refractivity contribution in [1.82, 2.24) is 14.5 Å². The molecule has 7 heteroatoms. The van der Waals surface area contributed by atoms with Gasteiger partial charge in [-0.1, -0.05) is 6.07 Å². The first-order valence-electron chi connectivity index (χ1n) is 8.35. The summed E-state index contributed by atoms with van der Waals surface area (Å²) in [6, 6.07) is 5.56. The van der Waals surface area contributed by atoms with Crippen molar-refractivity contribution >= 4 is 22.9 Å². The number of Topliss-reactive ketones (excluding diaryl/α,β-unsaturated/α-hetero) is 1. The lowest BCUT2D eigenvalue weighted by Crippen LogP contribution is -2.45. The molecular weight excluding hydrogens is 322 g/mol. The Bertz CT molecular complexity index is 888. The minimum Gasteiger partial charge on any atom is -0.444 e. The number of nitrogens with one attached hydrogen (secondary N) is 1. The molecule has 1 aromatic heterocycles. The molecular formula is C18H23N3O4. The van der Waals surface area contributed by atoms with Gasteiger partial charge in [-0.3, -0.25) is 9.36 Å². The molecule has 1 atom stereocenters. The van der Waals surface area contributed by atoms with Crippen molar-refractivity contribution < 1.29 is 14.3 Å². The van der Waals surface area contributed by atoms with E-state index in [-0.39, 0.29) is 23.9 Å². The second kappa shape index (κ2) is 6.06. The zero-order chi connectivity index (χ0) is 18.4. The van der Waals surface area contributed by atoms with Gasteiger partial charge in [-0.2, -0.15) is 0 Å². The average Bonchev–Trinajstić information content (AvgIpc) is 2.80. The third-order valence-corrected chi connectivity index (χ3v) is 4.41. The van der Waals surface area contributed by atoms with Gasteiger partial charge in [0.2, 0.25) is 0 Å². The van der Waals surface area contributed by atoms with Gasteiger partial charge in [0.25, 0.3) is 0 Å². The lowest BCUT2D eigenvalue weighted by Gasteiger charge is -2.32. The van der Waals surface area contributed by atoms with Crippen LogP contribution in [0, 0.1) is 0 Å². The summed E-state index contributed by atoms with van der Waals surface area (Å²) >= 11 is 0. The fourth-order valence-electron chi connectivity index (χ4n) is 3.12. The summed E-state index contributed by atoms with van der Waals surface area (Å²) in [5, 5.41) is 0. The van der Waals surface area contributed by atoms with E-state index in [0.29, 0.717) is 13.0 Å². The number of ether oxygens (including phenoxy) is 1. The second-order valence-corrected chi connectivity index (χ2v) is 7.48. The van der Waals surface area contributed by atoms with Gasteiger partial charge < -0.3 is 14.6 Å². The molecule has 0 spiro atoms. The highest BCUT2D eigenvalue weighted by atomic mass is 16.6. The van der Waals surface area contributed by atoms with Crippen LogP contribution in [0.2, 0.25) is 0 Å². The molecule has 0 saturated carbocycles. The first-order chi connectivity index (χ1) is 11.7. The Morgan fingerprint density at radius 1 is 1.28 bits per heavy atom. The summed E-state index contributed by atoms with van der Waals surface area (Å²) < 4.78 is 6.86. The molecule has 0 radical (unpaired) electrons. The summed E-state index contributed by atoms with van der Waals surface area (Å²) in [4.78, 5) is 40.6. The molecule has 25 heavy (non-hydrogen) atoms. The third-order valence-electron chi connectivity index (χ3n) is 4.41. The first-order valence-corrected chi connectivity index (χ1v) is 8.35. The number of amides is 1. The molecule has 1 unspecified atom stereocenters. The number of likely N-dealkylation sites (tertiary alicyclic amines) is 1. The van der Waals surface area contributed by atoms with Crippen molar-refractivity contribution in [3.05, 3.63) is 34.2 Å². The fourth-order valence-corrected chi connectivity index (χ4v) is 3.12. The maximum atomic E-state index is 12.6. The lowest BCUT2D eigenvalue weighted by molar-refractivity contribution is -0.123. The average molecular weight is 345 g/mol. The standard InChI is InChI=1S/C18H23N3O4/c1-18(2,3)25-17(24)21-8-7-12(15(22)10-21)11-5-6-13-14(9-11)20(4)16(23)19-13/h5-6,9,12H,7-8,10H2,1-4H3,(H,19,23). The minimum absolute atomic E-state index is 0.0167. The molecule has 2 aromatic rings. The van der Waals surface area contributed by atoms with Gasteiger partial charge in [-0.05, 0) is 44.9 Å². The number of piperidine rings is 1. The van der Waals surface area contributed by atoms with E-state index in [0.717, 1.165) is 16.6 Å². The van der Waals surface area contributed by atoms with Crippen molar-refractivity contribution in [3.63, 3.8) is 0 Å². The van der Waals surface area contributed by atoms with Crippen LogP contribution in [0.5, 0.6) is 0 Å². The van der Waals surface area contributed by atoms with Gasteiger partial charge in [-0.25, -0.2) is 9.59 Å². The maximum Gasteiger partial charge on any atom is 0.410 e. The van der Waals surface area contributed by atoms with Crippen LogP contribution < -0.4 is 5.69 Å². The smallest absolute Gasteiger partial charge is 0.410 e. The van der Waals surface area contributed by atoms with Gasteiger partial charge >= 0.3 is 11.8 Å². The number of imidazole rings is 1. The Kier molecular flexibility index (Phi) is 4.18. The molecule has 134 valence electrons. The Labute approximate surface area is 145 Å². The summed E-state index contributed by atoms with van der Waals surface area (Å²) in [5.41, 5.74) is 1.62. The van der Waals surface area contributed by atoms with Gasteiger partial charge in [0.15, 0.2) is 5.78 Å². The fraction of sp³-hybridized carbons (Fsp3) is 0.500. The number of hydrogen-bond acceptors (Lipinski definition) is 4. The number of aromatic amines is 1. The topological polar surface area (TPSA) is 84.4 Å². The highest BCUT2D eigenvalue weighted by Gasteiger charge is 2.33. The predicted molar refractivity (Wildman–Crippen MR) is 93.7 cm³/mol. The summed E-state index contributed by atoms with van der Waals surface area (Å²) in [6.45, 7) is 5.92. The van der Waals surface area contributed by atoms with Gasteiger partial charge in [0.1, 0.15) is 5.60 Å². The SMILES string of the molecule is Cn1c(=O)[nH]c2ccc(C3CCN(C(=O)OC(C)(C)C)CC3=O)cc21. The number of fused-ring (bicyclic) bond motifs is 1. The van der Waals surface area contributed by atoms with Crippen molar-refractivity contribution in [2.24, 2.45) is 7.05 Å². The highest BCUT2D eigenvalue weighted by molar-refractivity contribution is 5.91. The van der Waals surface area contributed by atoms with Gasteiger partial charge in [-0.15, -0.1) is 0 Å². The molecule has 7 nitrogen and oxygen atoms in total. The molecule has 1 amide bonds. The van der Waals surface area contributed by atoms with Crippen LogP contribution in [0.1, 0.15) is 38.7 Å². The van der Waals surface area contributed by atoms with E-state index >= 15 is 0 Å². The van der Waals surface area contributed by atoms with Crippen LogP contribution in [-0.2, 0) is 16.6 Å². The first kappa shape index (κ1) is 17.3. The van der Waals surface area contributed by atoms with E-state index < -0.39 is 11.7 Å². The number of H-pyrrole nitrogens is 1. The Morgan fingerprint density at radius 2 is 2.00 bits per heavy atom. The largest absolute Gasteiger partial charge is 0.444 e. The molecule has 1 fully saturated rings. The van der Waals surface area contributed by atoms with Crippen molar-refractivity contribution in [1.29, 1.82) is 0 Å². The molecule has 1 aromatic carbocycles. The Balaban J connectivity index is 1.78. The van der Waals surface area contributed by atoms with Crippen molar-refractivity contribution in [3.8, 4) is 0 Å². The Morgan fingerprint density at radius 3 is 2.64 bits per heavy atom. The van der Waals surface area contributed by atoms with E-state index in [1.54, 1.807) is 27.8 Å². The van der Waals surface area contributed by atoms with Crippen LogP contribution in [0.25, 0.3) is 11.0 Å². The van der Waals surface area contributed by atoms with E-state index in [9.17, 15) is 14.4 Å². The number of benzene rings is 1. The van der Waals surface area contributed by atoms with Crippen LogP contribution >= 0.6 is 0 Å². The maximum absolute atomic E-state index is 12.6. The number of aromatic nitrogens is 2.